The largest absolute Gasteiger partial charge is 0.472 e. The van der Waals surface area contributed by atoms with E-state index in [1.165, 1.54) is 25.7 Å². The summed E-state index contributed by atoms with van der Waals surface area (Å²) in [7, 11) is 0. The van der Waals surface area contributed by atoms with Gasteiger partial charge in [0.15, 0.2) is 0 Å². The van der Waals surface area contributed by atoms with Gasteiger partial charge in [0.25, 0.3) is 0 Å². The van der Waals surface area contributed by atoms with Gasteiger partial charge < -0.3 is 14.5 Å². The van der Waals surface area contributed by atoms with Crippen LogP contribution in [0.1, 0.15) is 37.7 Å². The second kappa shape index (κ2) is 4.35. The lowest BCUT2D eigenvalue weighted by Gasteiger charge is -2.45. The van der Waals surface area contributed by atoms with Crippen LogP contribution in [0.15, 0.2) is 23.0 Å². The van der Waals surface area contributed by atoms with Gasteiger partial charge in [-0.3, -0.25) is 4.79 Å². The molecule has 1 amide bonds. The second-order valence-corrected chi connectivity index (χ2v) is 6.62. The molecule has 0 radical (unpaired) electrons. The molecule has 4 rings (SSSR count). The van der Waals surface area contributed by atoms with Crippen molar-refractivity contribution in [3.05, 3.63) is 24.2 Å². The van der Waals surface area contributed by atoms with E-state index in [9.17, 15) is 4.79 Å². The van der Waals surface area contributed by atoms with Gasteiger partial charge in [-0.1, -0.05) is 0 Å². The first-order chi connectivity index (χ1) is 9.74. The number of carbonyl (C=O) groups excluding carboxylic acids is 1. The Hall–Kier alpha value is -1.29. The van der Waals surface area contributed by atoms with E-state index in [-0.39, 0.29) is 16.9 Å². The van der Waals surface area contributed by atoms with Gasteiger partial charge in [-0.25, -0.2) is 0 Å². The molecule has 4 heteroatoms. The Bertz CT molecular complexity index is 506. The van der Waals surface area contributed by atoms with E-state index in [4.69, 9.17) is 9.15 Å². The SMILES string of the molecule is O=C(CCc1ccoc1)NC[C@]12C[C@H]1COC21CCC1. The van der Waals surface area contributed by atoms with Crippen LogP contribution in [-0.2, 0) is 16.0 Å². The second-order valence-electron chi connectivity index (χ2n) is 6.62. The van der Waals surface area contributed by atoms with Crippen molar-refractivity contribution in [2.75, 3.05) is 13.2 Å². The summed E-state index contributed by atoms with van der Waals surface area (Å²) in [4.78, 5) is 12.0. The van der Waals surface area contributed by atoms with Crippen LogP contribution in [0.25, 0.3) is 0 Å². The zero-order valence-corrected chi connectivity index (χ0v) is 11.7. The molecule has 2 atom stereocenters. The smallest absolute Gasteiger partial charge is 0.220 e. The van der Waals surface area contributed by atoms with Crippen molar-refractivity contribution >= 4 is 5.91 Å². The molecular formula is C16H21NO3. The molecule has 1 saturated heterocycles. The number of fused-ring (bicyclic) bond motifs is 2. The number of rotatable bonds is 5. The van der Waals surface area contributed by atoms with Gasteiger partial charge in [0.1, 0.15) is 0 Å². The number of aryl methyl sites for hydroxylation is 1. The first-order valence-corrected chi connectivity index (χ1v) is 7.66. The van der Waals surface area contributed by atoms with Gasteiger partial charge in [0.2, 0.25) is 5.91 Å². The minimum Gasteiger partial charge on any atom is -0.472 e. The summed E-state index contributed by atoms with van der Waals surface area (Å²) >= 11 is 0. The fraction of sp³-hybridized carbons (Fsp3) is 0.688. The lowest BCUT2D eigenvalue weighted by Crippen LogP contribution is -2.50. The Labute approximate surface area is 118 Å². The Morgan fingerprint density at radius 1 is 1.45 bits per heavy atom. The first-order valence-electron chi connectivity index (χ1n) is 7.66. The maximum atomic E-state index is 12.0. The molecule has 3 aliphatic rings. The zero-order valence-electron chi connectivity index (χ0n) is 11.7. The van der Waals surface area contributed by atoms with Crippen LogP contribution in [0.2, 0.25) is 0 Å². The lowest BCUT2D eigenvalue weighted by atomic mass is 9.68. The Morgan fingerprint density at radius 2 is 2.35 bits per heavy atom. The average molecular weight is 275 g/mol. The first kappa shape index (κ1) is 12.5. The van der Waals surface area contributed by atoms with Crippen LogP contribution in [0.4, 0.5) is 0 Å². The highest BCUT2D eigenvalue weighted by Gasteiger charge is 2.73. The zero-order chi connectivity index (χ0) is 13.6. The van der Waals surface area contributed by atoms with Crippen molar-refractivity contribution in [1.82, 2.24) is 5.32 Å². The third-order valence-corrected chi connectivity index (χ3v) is 5.68. The quantitative estimate of drug-likeness (QED) is 0.897. The predicted molar refractivity (Wildman–Crippen MR) is 73.1 cm³/mol. The van der Waals surface area contributed by atoms with E-state index >= 15 is 0 Å². The van der Waals surface area contributed by atoms with E-state index < -0.39 is 0 Å². The van der Waals surface area contributed by atoms with Crippen LogP contribution in [0.3, 0.4) is 0 Å². The molecule has 1 aliphatic heterocycles. The molecule has 2 aliphatic carbocycles. The summed E-state index contributed by atoms with van der Waals surface area (Å²) < 4.78 is 11.0. The highest BCUT2D eigenvalue weighted by Crippen LogP contribution is 2.70. The number of amides is 1. The van der Waals surface area contributed by atoms with Gasteiger partial charge in [-0.15, -0.1) is 0 Å². The molecule has 2 saturated carbocycles. The van der Waals surface area contributed by atoms with Crippen LogP contribution in [-0.4, -0.2) is 24.7 Å². The van der Waals surface area contributed by atoms with Gasteiger partial charge >= 0.3 is 0 Å². The average Bonchev–Trinajstić information content (AvgIpc) is 2.80. The molecule has 108 valence electrons. The van der Waals surface area contributed by atoms with Gasteiger partial charge in [0, 0.05) is 18.4 Å². The number of furan rings is 1. The van der Waals surface area contributed by atoms with Crippen LogP contribution < -0.4 is 5.32 Å². The summed E-state index contributed by atoms with van der Waals surface area (Å²) in [5.74, 6) is 0.838. The number of ether oxygens (including phenoxy) is 1. The van der Waals surface area contributed by atoms with Gasteiger partial charge in [0.05, 0.1) is 24.7 Å². The molecule has 2 heterocycles. The molecule has 1 aromatic rings. The van der Waals surface area contributed by atoms with E-state index in [0.29, 0.717) is 12.3 Å². The molecule has 0 unspecified atom stereocenters. The highest BCUT2D eigenvalue weighted by molar-refractivity contribution is 5.76. The minimum absolute atomic E-state index is 0.121. The molecule has 1 aromatic heterocycles. The maximum absolute atomic E-state index is 12.0. The molecule has 1 spiro atoms. The van der Waals surface area contributed by atoms with Crippen LogP contribution in [0, 0.1) is 11.3 Å². The number of hydrogen-bond donors (Lipinski definition) is 1. The molecule has 0 bridgehead atoms. The Kier molecular flexibility index (Phi) is 2.71. The van der Waals surface area contributed by atoms with E-state index in [2.05, 4.69) is 5.32 Å². The Morgan fingerprint density at radius 3 is 3.00 bits per heavy atom. The van der Waals surface area contributed by atoms with Gasteiger partial charge in [-0.05, 0) is 49.7 Å². The molecule has 4 nitrogen and oxygen atoms in total. The number of hydrogen-bond acceptors (Lipinski definition) is 3. The van der Waals surface area contributed by atoms with Crippen molar-refractivity contribution in [3.8, 4) is 0 Å². The summed E-state index contributed by atoms with van der Waals surface area (Å²) in [5.41, 5.74) is 1.48. The summed E-state index contributed by atoms with van der Waals surface area (Å²) in [6.45, 7) is 1.72. The normalized spacial score (nSPS) is 32.7. The van der Waals surface area contributed by atoms with Crippen molar-refractivity contribution in [2.45, 2.75) is 44.1 Å². The third kappa shape index (κ3) is 1.74. The fourth-order valence-corrected chi connectivity index (χ4v) is 4.12. The van der Waals surface area contributed by atoms with E-state index in [1.54, 1.807) is 12.5 Å². The fourth-order valence-electron chi connectivity index (χ4n) is 4.12. The number of nitrogens with one attached hydrogen (secondary N) is 1. The number of carbonyl (C=O) groups is 1. The monoisotopic (exact) mass is 275 g/mol. The van der Waals surface area contributed by atoms with Crippen molar-refractivity contribution in [3.63, 3.8) is 0 Å². The summed E-state index contributed by atoms with van der Waals surface area (Å²) in [6, 6.07) is 1.91. The van der Waals surface area contributed by atoms with Crippen LogP contribution >= 0.6 is 0 Å². The topological polar surface area (TPSA) is 51.5 Å². The van der Waals surface area contributed by atoms with Crippen LogP contribution in [0.5, 0.6) is 0 Å². The molecule has 20 heavy (non-hydrogen) atoms. The summed E-state index contributed by atoms with van der Waals surface area (Å²) in [5, 5.41) is 3.14. The van der Waals surface area contributed by atoms with Crippen molar-refractivity contribution < 1.29 is 13.9 Å². The summed E-state index contributed by atoms with van der Waals surface area (Å²) in [6.07, 6.45) is 9.55. The standard InChI is InChI=1S/C16H21NO3/c18-14(3-2-12-4-7-19-9-12)17-11-15-8-13(15)10-20-16(15)5-1-6-16/h4,7,9,13H,1-3,5-6,8,10-11H2,(H,17,18)/t13-,15+/m0/s1. The van der Waals surface area contributed by atoms with Crippen molar-refractivity contribution in [1.29, 1.82) is 0 Å². The molecule has 1 N–H and O–H groups in total. The minimum atomic E-state index is 0.121. The highest BCUT2D eigenvalue weighted by atomic mass is 16.5. The predicted octanol–water partition coefficient (Wildman–Crippen LogP) is 2.29. The molecule has 3 fully saturated rings. The Balaban J connectivity index is 1.29. The van der Waals surface area contributed by atoms with Gasteiger partial charge in [-0.2, -0.15) is 0 Å². The lowest BCUT2D eigenvalue weighted by molar-refractivity contribution is -0.125. The molecular weight excluding hydrogens is 254 g/mol. The maximum Gasteiger partial charge on any atom is 0.220 e. The van der Waals surface area contributed by atoms with E-state index in [1.807, 2.05) is 6.07 Å². The third-order valence-electron chi connectivity index (χ3n) is 5.68. The molecule has 0 aromatic carbocycles. The van der Waals surface area contributed by atoms with E-state index in [0.717, 1.165) is 25.1 Å². The van der Waals surface area contributed by atoms with Crippen molar-refractivity contribution in [2.24, 2.45) is 11.3 Å².